The third-order valence-corrected chi connectivity index (χ3v) is 17.3. The number of aryl methyl sites for hydroxylation is 1. The number of hydrogen-bond donors (Lipinski definition) is 3. The van der Waals surface area contributed by atoms with Crippen molar-refractivity contribution in [2.75, 3.05) is 17.2 Å². The number of anilines is 2. The van der Waals surface area contributed by atoms with Crippen LogP contribution in [0.1, 0.15) is 44.4 Å². The standard InChI is InChI=1S/C24H29N7O.2C18H15P.C6H7N/c1-4-20(14-32)28-24-29-22(21-23(30-24)31(15-27-21)16(2)3)26-13-17-5-7-18(8-6-17)19-9-11-25-12-10-19;2*1-4-10-16(11-5-1)19(17-12-6-2-7-13-17)18-14-8-3-9-15-18;1-6-2-4-7-5-3-6/h5-12,15-16,20,32H,4,13-14H2,1-3H3,(H2,26,28,29,30);2*1-15H;2-5H,1H3/t20-;;;/m1.../s1. The van der Waals surface area contributed by atoms with E-state index in [4.69, 9.17) is 0 Å². The SMILES string of the molecule is CC[C@H](CO)Nc1nc(NCc2ccc(-c3ccncc3)cc2)c2ncn(C(C)C)c2n1.Cc1ccncc1.c1ccc(P(c2ccccc2)c2ccccc2)cc1.c1ccc(P(c2ccccc2)c2ccccc2)cc1. The van der Waals surface area contributed by atoms with E-state index in [0.717, 1.165) is 34.3 Å². The molecule has 7 aromatic carbocycles. The zero-order valence-electron chi connectivity index (χ0n) is 44.1. The summed E-state index contributed by atoms with van der Waals surface area (Å²) in [4.78, 5) is 21.8. The minimum absolute atomic E-state index is 0.0218. The number of aliphatic hydroxyl groups is 1. The van der Waals surface area contributed by atoms with Crippen LogP contribution >= 0.6 is 15.8 Å². The van der Waals surface area contributed by atoms with Crippen LogP contribution in [0.5, 0.6) is 0 Å². The van der Waals surface area contributed by atoms with E-state index in [2.05, 4.69) is 256 Å². The van der Waals surface area contributed by atoms with Crippen LogP contribution in [-0.2, 0) is 6.54 Å². The van der Waals surface area contributed by atoms with Crippen molar-refractivity contribution >= 4 is 70.6 Å². The lowest BCUT2D eigenvalue weighted by Crippen LogP contribution is -2.24. The van der Waals surface area contributed by atoms with Gasteiger partial charge in [-0.3, -0.25) is 9.97 Å². The maximum atomic E-state index is 9.57. The molecule has 0 spiro atoms. The Bertz CT molecular complexity index is 3070. The topological polar surface area (TPSA) is 114 Å². The molecule has 0 saturated carbocycles. The van der Waals surface area contributed by atoms with E-state index in [0.29, 0.717) is 18.3 Å². The van der Waals surface area contributed by atoms with Crippen LogP contribution in [0.3, 0.4) is 0 Å². The molecular formula is C66H66N8OP2. The number of nitrogens with zero attached hydrogens (tertiary/aromatic N) is 6. The minimum atomic E-state index is -0.446. The molecule has 3 N–H and O–H groups in total. The van der Waals surface area contributed by atoms with Gasteiger partial charge in [-0.05, 0) is 121 Å². The Hall–Kier alpha value is -8.19. The monoisotopic (exact) mass is 1050 g/mol. The Morgan fingerprint density at radius 1 is 0.494 bits per heavy atom. The van der Waals surface area contributed by atoms with Crippen molar-refractivity contribution in [3.8, 4) is 11.1 Å². The van der Waals surface area contributed by atoms with Gasteiger partial charge in [0.1, 0.15) is 0 Å². The highest BCUT2D eigenvalue weighted by atomic mass is 31.1. The van der Waals surface area contributed by atoms with Gasteiger partial charge in [0.05, 0.1) is 19.0 Å². The molecule has 0 radical (unpaired) electrons. The average molecular weight is 1050 g/mol. The smallest absolute Gasteiger partial charge is 0.227 e. The molecule has 0 fully saturated rings. The predicted molar refractivity (Wildman–Crippen MR) is 327 cm³/mol. The maximum absolute atomic E-state index is 9.57. The van der Waals surface area contributed by atoms with Crippen molar-refractivity contribution in [1.29, 1.82) is 0 Å². The zero-order valence-corrected chi connectivity index (χ0v) is 45.9. The molecule has 11 heteroatoms. The fourth-order valence-corrected chi connectivity index (χ4v) is 12.9. The number of aromatic nitrogens is 6. The first kappa shape index (κ1) is 55.1. The predicted octanol–water partition coefficient (Wildman–Crippen LogP) is 12.5. The van der Waals surface area contributed by atoms with E-state index >= 15 is 0 Å². The molecule has 11 rings (SSSR count). The van der Waals surface area contributed by atoms with Crippen molar-refractivity contribution in [1.82, 2.24) is 29.5 Å². The molecule has 0 saturated heterocycles. The number of nitrogens with one attached hydrogen (secondary N) is 2. The number of hydrogen-bond acceptors (Lipinski definition) is 8. The molecule has 386 valence electrons. The number of fused-ring (bicyclic) bond motifs is 1. The first-order chi connectivity index (χ1) is 37.9. The molecule has 9 nitrogen and oxygen atoms in total. The summed E-state index contributed by atoms with van der Waals surface area (Å²) in [5, 5.41) is 24.6. The number of imidazole rings is 1. The second-order valence-corrected chi connectivity index (χ2v) is 22.7. The van der Waals surface area contributed by atoms with Crippen LogP contribution in [-0.4, -0.2) is 47.2 Å². The van der Waals surface area contributed by atoms with E-state index in [1.54, 1.807) is 31.1 Å². The Morgan fingerprint density at radius 2 is 0.883 bits per heavy atom. The summed E-state index contributed by atoms with van der Waals surface area (Å²) in [6, 6.07) is 81.1. The highest BCUT2D eigenvalue weighted by molar-refractivity contribution is 7.80. The van der Waals surface area contributed by atoms with Crippen LogP contribution in [0.15, 0.2) is 262 Å². The van der Waals surface area contributed by atoms with E-state index in [1.165, 1.54) is 37.4 Å². The number of benzene rings is 7. The molecule has 77 heavy (non-hydrogen) atoms. The highest BCUT2D eigenvalue weighted by Gasteiger charge is 2.18. The largest absolute Gasteiger partial charge is 0.394 e. The lowest BCUT2D eigenvalue weighted by Gasteiger charge is -2.18. The number of pyridine rings is 2. The third kappa shape index (κ3) is 15.9. The van der Waals surface area contributed by atoms with E-state index in [-0.39, 0.29) is 18.7 Å². The maximum Gasteiger partial charge on any atom is 0.227 e. The molecule has 0 aliphatic carbocycles. The molecule has 1 atom stereocenters. The molecule has 4 heterocycles. The molecule has 0 aliphatic heterocycles. The van der Waals surface area contributed by atoms with E-state index in [9.17, 15) is 5.11 Å². The van der Waals surface area contributed by atoms with Gasteiger partial charge in [0.2, 0.25) is 5.95 Å². The van der Waals surface area contributed by atoms with Gasteiger partial charge >= 0.3 is 0 Å². The first-order valence-corrected chi connectivity index (χ1v) is 28.7. The minimum Gasteiger partial charge on any atom is -0.394 e. The van der Waals surface area contributed by atoms with Gasteiger partial charge in [-0.2, -0.15) is 9.97 Å². The summed E-state index contributed by atoms with van der Waals surface area (Å²) in [6.07, 6.45) is 9.74. The van der Waals surface area contributed by atoms with Crippen molar-refractivity contribution in [2.24, 2.45) is 0 Å². The van der Waals surface area contributed by atoms with Gasteiger partial charge in [0, 0.05) is 37.4 Å². The molecule has 0 amide bonds. The van der Waals surface area contributed by atoms with Gasteiger partial charge < -0.3 is 20.3 Å². The lowest BCUT2D eigenvalue weighted by atomic mass is 10.1. The van der Waals surface area contributed by atoms with Crippen LogP contribution in [0, 0.1) is 6.92 Å². The molecule has 0 unspecified atom stereocenters. The number of rotatable bonds is 15. The molecule has 4 aromatic heterocycles. The van der Waals surface area contributed by atoms with Crippen molar-refractivity contribution < 1.29 is 5.11 Å². The summed E-state index contributed by atoms with van der Waals surface area (Å²) in [5.74, 6) is 1.15. The quantitative estimate of drug-likeness (QED) is 0.0870. The summed E-state index contributed by atoms with van der Waals surface area (Å²) >= 11 is 0. The van der Waals surface area contributed by atoms with E-state index < -0.39 is 15.8 Å². The zero-order chi connectivity index (χ0) is 53.4. The van der Waals surface area contributed by atoms with Gasteiger partial charge in [0.25, 0.3) is 0 Å². The van der Waals surface area contributed by atoms with Crippen LogP contribution in [0.25, 0.3) is 22.3 Å². The Balaban J connectivity index is 0.000000150. The highest BCUT2D eigenvalue weighted by Crippen LogP contribution is 2.33. The van der Waals surface area contributed by atoms with Crippen molar-refractivity contribution in [3.05, 3.63) is 273 Å². The van der Waals surface area contributed by atoms with Gasteiger partial charge in [-0.15, -0.1) is 0 Å². The Labute approximate surface area is 456 Å². The fourth-order valence-electron chi connectivity index (χ4n) is 8.27. The summed E-state index contributed by atoms with van der Waals surface area (Å²) < 4.78 is 2.02. The van der Waals surface area contributed by atoms with Crippen LogP contribution < -0.4 is 42.5 Å². The van der Waals surface area contributed by atoms with Crippen molar-refractivity contribution in [2.45, 2.75) is 52.7 Å². The lowest BCUT2D eigenvalue weighted by molar-refractivity contribution is 0.271. The summed E-state index contributed by atoms with van der Waals surface area (Å²) in [6.45, 7) is 8.87. The summed E-state index contributed by atoms with van der Waals surface area (Å²) in [7, 11) is -0.892. The Kier molecular flexibility index (Phi) is 20.9. The van der Waals surface area contributed by atoms with Gasteiger partial charge in [-0.1, -0.05) is 213 Å². The van der Waals surface area contributed by atoms with Gasteiger partial charge in [-0.25, -0.2) is 4.98 Å². The summed E-state index contributed by atoms with van der Waals surface area (Å²) in [5.41, 5.74) is 6.18. The molecule has 0 bridgehead atoms. The van der Waals surface area contributed by atoms with Gasteiger partial charge in [0.15, 0.2) is 17.0 Å². The molecule has 0 aliphatic rings. The second-order valence-electron chi connectivity index (χ2n) is 18.2. The average Bonchev–Trinajstić information content (AvgIpc) is 3.98. The first-order valence-electron chi connectivity index (χ1n) is 26.0. The van der Waals surface area contributed by atoms with E-state index in [1.807, 2.05) is 42.7 Å². The second kappa shape index (κ2) is 29.2. The van der Waals surface area contributed by atoms with Crippen molar-refractivity contribution in [3.63, 3.8) is 0 Å². The third-order valence-electron chi connectivity index (χ3n) is 12.4. The normalized spacial score (nSPS) is 11.1. The van der Waals surface area contributed by atoms with Crippen LogP contribution in [0.2, 0.25) is 0 Å². The van der Waals surface area contributed by atoms with Crippen LogP contribution in [0.4, 0.5) is 11.8 Å². The Morgan fingerprint density at radius 3 is 1.23 bits per heavy atom. The number of aliphatic hydroxyl groups excluding tert-OH is 1. The fraction of sp³-hybridized carbons (Fsp3) is 0.136. The molecule has 11 aromatic rings. The molecular weight excluding hydrogens is 983 g/mol.